The Morgan fingerprint density at radius 1 is 1.33 bits per heavy atom. The van der Waals surface area contributed by atoms with E-state index in [0.717, 1.165) is 36.4 Å². The summed E-state index contributed by atoms with van der Waals surface area (Å²) in [5, 5.41) is 4.10. The van der Waals surface area contributed by atoms with Crippen molar-refractivity contribution >= 4 is 23.0 Å². The van der Waals surface area contributed by atoms with E-state index in [9.17, 15) is 4.55 Å². The number of hydrogen-bond acceptors (Lipinski definition) is 3. The Hall–Kier alpha value is -0.260. The molecule has 2 unspecified atom stereocenters. The minimum absolute atomic E-state index is 0.406. The van der Waals surface area contributed by atoms with Crippen LogP contribution in [0.3, 0.4) is 0 Å². The van der Waals surface area contributed by atoms with Gasteiger partial charge in [-0.2, -0.15) is 0 Å². The summed E-state index contributed by atoms with van der Waals surface area (Å²) >= 11 is 5.04. The molecule has 1 N–H and O–H groups in total. The average Bonchev–Trinajstić information content (AvgIpc) is 2.62. The number of hydrogen-bond donors (Lipinski definition) is 1. The van der Waals surface area contributed by atoms with Gasteiger partial charge in [0.25, 0.3) is 0 Å². The van der Waals surface area contributed by atoms with Crippen molar-refractivity contribution < 1.29 is 4.55 Å². The molecule has 2 aliphatic rings. The van der Waals surface area contributed by atoms with E-state index >= 15 is 0 Å². The minimum atomic E-state index is -1.08. The molecular weight excluding hydrogens is 268 g/mol. The minimum Gasteiger partial charge on any atom is -0.593 e. The molecule has 2 saturated heterocycles. The Bertz CT molecular complexity index is 441. The second-order valence-electron chi connectivity index (χ2n) is 5.02. The Morgan fingerprint density at radius 3 is 2.67 bits per heavy atom. The molecule has 98 valence electrons. The second kappa shape index (κ2) is 5.02. The van der Waals surface area contributed by atoms with Crippen molar-refractivity contribution in [2.24, 2.45) is 0 Å². The maximum atomic E-state index is 12.8. The van der Waals surface area contributed by atoms with Crippen LogP contribution in [0.25, 0.3) is 0 Å². The SMILES string of the molecule is Cc1c(Cl)cccc1[S+]([O-])N1C2CC[C@@H]1CNC2. The summed E-state index contributed by atoms with van der Waals surface area (Å²) in [4.78, 5) is 0.862. The third-order valence-electron chi connectivity index (χ3n) is 3.91. The summed E-state index contributed by atoms with van der Waals surface area (Å²) in [6.07, 6.45) is 2.28. The fourth-order valence-electron chi connectivity index (χ4n) is 2.90. The molecule has 0 aliphatic carbocycles. The standard InChI is InChI=1S/C13H17ClN2OS/c1-9-12(14)3-2-4-13(9)18(17)16-10-5-6-11(16)8-15-7-10/h2-4,10-11,15H,5-8H2,1H3/t10-,11?,18?/m1/s1. The molecule has 1 aromatic rings. The van der Waals surface area contributed by atoms with E-state index < -0.39 is 11.4 Å². The summed E-state index contributed by atoms with van der Waals surface area (Å²) < 4.78 is 15.0. The third-order valence-corrected chi connectivity index (χ3v) is 6.12. The first-order chi connectivity index (χ1) is 8.68. The smallest absolute Gasteiger partial charge is 0.178 e. The highest BCUT2D eigenvalue weighted by Crippen LogP contribution is 2.34. The number of nitrogens with one attached hydrogen (secondary N) is 1. The molecule has 3 nitrogen and oxygen atoms in total. The molecule has 2 bridgehead atoms. The van der Waals surface area contributed by atoms with E-state index in [1.54, 1.807) is 0 Å². The van der Waals surface area contributed by atoms with Gasteiger partial charge in [0.1, 0.15) is 0 Å². The molecule has 18 heavy (non-hydrogen) atoms. The normalized spacial score (nSPS) is 29.5. The predicted octanol–water partition coefficient (Wildman–Crippen LogP) is 2.11. The largest absolute Gasteiger partial charge is 0.593 e. The molecule has 0 aromatic heterocycles. The molecule has 0 radical (unpaired) electrons. The van der Waals surface area contributed by atoms with E-state index in [2.05, 4.69) is 9.62 Å². The van der Waals surface area contributed by atoms with E-state index in [4.69, 9.17) is 11.6 Å². The Balaban J connectivity index is 1.90. The molecule has 3 atom stereocenters. The van der Waals surface area contributed by atoms with Crippen LogP contribution in [0.15, 0.2) is 23.1 Å². The zero-order chi connectivity index (χ0) is 12.7. The van der Waals surface area contributed by atoms with Gasteiger partial charge in [0, 0.05) is 23.7 Å². The first-order valence-electron chi connectivity index (χ1n) is 6.34. The molecule has 5 heteroatoms. The van der Waals surface area contributed by atoms with Crippen molar-refractivity contribution in [1.82, 2.24) is 9.62 Å². The zero-order valence-corrected chi connectivity index (χ0v) is 11.9. The first-order valence-corrected chi connectivity index (χ1v) is 7.83. The van der Waals surface area contributed by atoms with E-state index in [-0.39, 0.29) is 0 Å². The first kappa shape index (κ1) is 12.8. The average molecular weight is 285 g/mol. The van der Waals surface area contributed by atoms with Gasteiger partial charge in [0.15, 0.2) is 4.90 Å². The summed E-state index contributed by atoms with van der Waals surface area (Å²) in [6.45, 7) is 3.84. The molecule has 0 spiro atoms. The number of piperazine rings is 1. The van der Waals surface area contributed by atoms with Crippen molar-refractivity contribution in [2.75, 3.05) is 13.1 Å². The lowest BCUT2D eigenvalue weighted by Gasteiger charge is -2.34. The monoisotopic (exact) mass is 284 g/mol. The fraction of sp³-hybridized carbons (Fsp3) is 0.538. The van der Waals surface area contributed by atoms with E-state index in [0.29, 0.717) is 17.1 Å². The van der Waals surface area contributed by atoms with Crippen molar-refractivity contribution in [3.63, 3.8) is 0 Å². The second-order valence-corrected chi connectivity index (χ2v) is 6.78. The van der Waals surface area contributed by atoms with Crippen LogP contribution in [0, 0.1) is 6.92 Å². The van der Waals surface area contributed by atoms with Gasteiger partial charge in [0.2, 0.25) is 0 Å². The Labute approximate surface area is 116 Å². The lowest BCUT2D eigenvalue weighted by molar-refractivity contribution is 0.263. The van der Waals surface area contributed by atoms with Gasteiger partial charge in [-0.05, 0) is 31.9 Å². The van der Waals surface area contributed by atoms with Crippen LogP contribution >= 0.6 is 11.6 Å². The molecule has 2 fully saturated rings. The maximum Gasteiger partial charge on any atom is 0.178 e. The van der Waals surface area contributed by atoms with Gasteiger partial charge in [0.05, 0.1) is 23.4 Å². The number of rotatable bonds is 2. The van der Waals surface area contributed by atoms with Gasteiger partial charge in [-0.25, -0.2) is 0 Å². The Kier molecular flexibility index (Phi) is 3.56. The van der Waals surface area contributed by atoms with Crippen molar-refractivity contribution in [3.8, 4) is 0 Å². The van der Waals surface area contributed by atoms with Gasteiger partial charge >= 0.3 is 0 Å². The lowest BCUT2D eigenvalue weighted by Crippen LogP contribution is -2.54. The van der Waals surface area contributed by atoms with Gasteiger partial charge in [-0.1, -0.05) is 17.7 Å². The third kappa shape index (κ3) is 2.06. The predicted molar refractivity (Wildman–Crippen MR) is 74.1 cm³/mol. The maximum absolute atomic E-state index is 12.8. The highest BCUT2D eigenvalue weighted by Gasteiger charge is 2.45. The van der Waals surface area contributed by atoms with Crippen LogP contribution in [0.2, 0.25) is 5.02 Å². The van der Waals surface area contributed by atoms with Crippen molar-refractivity contribution in [2.45, 2.75) is 36.7 Å². The number of benzene rings is 1. The van der Waals surface area contributed by atoms with Crippen molar-refractivity contribution in [1.29, 1.82) is 0 Å². The fourth-order valence-corrected chi connectivity index (χ4v) is 4.83. The van der Waals surface area contributed by atoms with Crippen LogP contribution in [-0.2, 0) is 11.4 Å². The summed E-state index contributed by atoms with van der Waals surface area (Å²) in [5.74, 6) is 0. The van der Waals surface area contributed by atoms with Crippen LogP contribution in [-0.4, -0.2) is 34.0 Å². The van der Waals surface area contributed by atoms with Crippen LogP contribution < -0.4 is 5.32 Å². The highest BCUT2D eigenvalue weighted by molar-refractivity contribution is 7.89. The Morgan fingerprint density at radius 2 is 2.00 bits per heavy atom. The molecule has 0 amide bonds. The highest BCUT2D eigenvalue weighted by atomic mass is 35.5. The lowest BCUT2D eigenvalue weighted by atomic mass is 10.2. The number of halogens is 1. The quantitative estimate of drug-likeness (QED) is 0.846. The molecular formula is C13H17ClN2OS. The van der Waals surface area contributed by atoms with Crippen LogP contribution in [0.5, 0.6) is 0 Å². The van der Waals surface area contributed by atoms with Crippen LogP contribution in [0.1, 0.15) is 18.4 Å². The number of nitrogens with zero attached hydrogens (tertiary/aromatic N) is 1. The molecule has 1 aromatic carbocycles. The van der Waals surface area contributed by atoms with Crippen LogP contribution in [0.4, 0.5) is 0 Å². The van der Waals surface area contributed by atoms with Gasteiger partial charge < -0.3 is 9.87 Å². The summed E-state index contributed by atoms with van der Waals surface area (Å²) in [6, 6.07) is 6.47. The van der Waals surface area contributed by atoms with E-state index in [1.165, 1.54) is 0 Å². The van der Waals surface area contributed by atoms with Crippen molar-refractivity contribution in [3.05, 3.63) is 28.8 Å². The van der Waals surface area contributed by atoms with E-state index in [1.807, 2.05) is 25.1 Å². The molecule has 3 rings (SSSR count). The summed E-state index contributed by atoms with van der Waals surface area (Å²) in [7, 11) is 0. The molecule has 2 heterocycles. The van der Waals surface area contributed by atoms with Gasteiger partial charge in [-0.3, -0.25) is 0 Å². The summed E-state index contributed by atoms with van der Waals surface area (Å²) in [5.41, 5.74) is 0.940. The molecule has 0 saturated carbocycles. The zero-order valence-electron chi connectivity index (χ0n) is 10.4. The molecule has 2 aliphatic heterocycles. The van der Waals surface area contributed by atoms with Gasteiger partial charge in [-0.15, -0.1) is 4.31 Å². The topological polar surface area (TPSA) is 38.3 Å². The number of fused-ring (bicyclic) bond motifs is 2.